The number of thioether (sulfide) groups is 1. The SMILES string of the molecule is CCSc1nc(Nc2cc(N(CC)CC)c(OC)cc2N=Nc2nc(N3CCCCC3)c(/C=C(/C(C)=O)C(=O)Nc3ccccc3S(=O)(=O)O)s2)nc(Nc2cc(N(CC)CC)c(OC)cc2N=Nc2nc(N3CCCCC3)c(/C=C(\C(C)=O)C(=O)Nc3ccccc3S(=O)(=O)O)s2)n1.O=S(=O)=O. The van der Waals surface area contributed by atoms with E-state index < -0.39 is 64.0 Å². The van der Waals surface area contributed by atoms with Crippen molar-refractivity contribution in [1.82, 2.24) is 24.9 Å². The molecule has 38 heteroatoms. The standard InChI is InChI=1S/C65H77N17O12S5.O3S/c1-10-79(11-2)49-35-45(47(37-51(49)93-8)75-77-64-70-57(81-29-21-15-22-30-81)53(96-64)33-41(39(6)83)59(85)66-43-25-17-19-27-55(43)98(87,88)89)68-61-72-62(74-63(73-61)95-14-5)69-46-36-50(80(12-3)13-4)52(94-9)38-48(46)76-78-65-71-58(82-31-23-16-24-32-82)54(97-65)34-42(40(7)84)60(86)67-44-26-18-20-28-56(44)99(90,91)92;1-4(2)3/h17-20,25-28,33-38H,10-16,21-24,29-32H2,1-9H3,(H,66,85)(H,67,86)(H,87,88,89)(H,90,91,92)(H2,68,69,72,73,74);/b41-33-,42-34+,77-75?,78-76?;. The first-order chi connectivity index (χ1) is 49.2. The lowest BCUT2D eigenvalue weighted by molar-refractivity contribution is -0.120. The number of Topliss-reactive ketones (excluding diaryl/α,β-unsaturated/α-hetero) is 2. The molecule has 3 aromatic heterocycles. The van der Waals surface area contributed by atoms with Gasteiger partial charge in [0.05, 0.1) is 69.2 Å². The van der Waals surface area contributed by atoms with E-state index in [1.165, 1.54) is 74.2 Å². The summed E-state index contributed by atoms with van der Waals surface area (Å²) in [6, 6.07) is 17.7. The molecule has 2 saturated heterocycles. The number of hydrogen-bond donors (Lipinski definition) is 6. The second-order valence-corrected chi connectivity index (χ2v) is 29.0. The molecular weight excluding hydrogens is 1450 g/mol. The molecule has 5 heterocycles. The summed E-state index contributed by atoms with van der Waals surface area (Å²) in [6.07, 6.45) is 8.25. The molecule has 0 saturated carbocycles. The number of carbonyl (C=O) groups excluding carboxylic acids is 4. The normalized spacial score (nSPS) is 13.7. The predicted octanol–water partition coefficient (Wildman–Crippen LogP) is 12.6. The maximum atomic E-state index is 13.9. The summed E-state index contributed by atoms with van der Waals surface area (Å²) in [5.74, 6) is -0.374. The molecule has 548 valence electrons. The number of nitrogens with zero attached hydrogens (tertiary/aromatic N) is 13. The molecule has 0 radical (unpaired) electrons. The second-order valence-electron chi connectivity index (χ2n) is 22.5. The van der Waals surface area contributed by atoms with Gasteiger partial charge in [0.15, 0.2) is 16.7 Å². The van der Waals surface area contributed by atoms with Crippen LogP contribution in [0.4, 0.5) is 79.3 Å². The average molecular weight is 1530 g/mol. The molecule has 2 fully saturated rings. The summed E-state index contributed by atoms with van der Waals surface area (Å²) in [5.41, 5.74) is 1.76. The van der Waals surface area contributed by atoms with E-state index in [1.54, 1.807) is 26.4 Å². The molecule has 6 N–H and O–H groups in total. The van der Waals surface area contributed by atoms with Crippen molar-refractivity contribution in [3.63, 3.8) is 0 Å². The number of hydrogen-bond acceptors (Lipinski definition) is 31. The molecule has 0 spiro atoms. The molecule has 2 aliphatic heterocycles. The molecule has 7 aromatic rings. The van der Waals surface area contributed by atoms with Crippen molar-refractivity contribution in [3.8, 4) is 11.5 Å². The highest BCUT2D eigenvalue weighted by molar-refractivity contribution is 7.99. The van der Waals surface area contributed by atoms with Crippen LogP contribution in [0.15, 0.2) is 119 Å². The largest absolute Gasteiger partial charge is 0.494 e. The summed E-state index contributed by atoms with van der Waals surface area (Å²) >= 11 is 3.52. The van der Waals surface area contributed by atoms with E-state index in [9.17, 15) is 45.1 Å². The number of azo groups is 2. The number of rotatable bonds is 30. The van der Waals surface area contributed by atoms with Crippen molar-refractivity contribution in [3.05, 3.63) is 93.7 Å². The number of amides is 2. The molecule has 2 amide bonds. The van der Waals surface area contributed by atoms with Gasteiger partial charge in [-0.2, -0.15) is 41.8 Å². The van der Waals surface area contributed by atoms with Crippen LogP contribution < -0.4 is 50.3 Å². The molecule has 103 heavy (non-hydrogen) atoms. The summed E-state index contributed by atoms with van der Waals surface area (Å²) in [5, 5.41) is 31.3. The van der Waals surface area contributed by atoms with E-state index in [0.29, 0.717) is 108 Å². The Kier molecular flexibility index (Phi) is 28.0. The lowest BCUT2D eigenvalue weighted by Gasteiger charge is -2.27. The van der Waals surface area contributed by atoms with Crippen LogP contribution in [0.25, 0.3) is 12.2 Å². The van der Waals surface area contributed by atoms with Gasteiger partial charge in [-0.15, -0.1) is 33.1 Å². The fraction of sp³-hybridized carbons (Fsp3) is 0.369. The molecule has 0 atom stereocenters. The van der Waals surface area contributed by atoms with Crippen molar-refractivity contribution in [2.45, 2.75) is 102 Å². The number of anilines is 10. The Morgan fingerprint density at radius 3 is 1.26 bits per heavy atom. The van der Waals surface area contributed by atoms with Crippen molar-refractivity contribution < 1.29 is 67.2 Å². The van der Waals surface area contributed by atoms with Crippen molar-refractivity contribution in [1.29, 1.82) is 0 Å². The number of nitrogens with one attached hydrogen (secondary N) is 4. The third-order valence-corrected chi connectivity index (χ3v) is 20.2. The first kappa shape index (κ1) is 79.0. The fourth-order valence-corrected chi connectivity index (χ4v) is 14.5. The third kappa shape index (κ3) is 21.0. The predicted molar refractivity (Wildman–Crippen MR) is 397 cm³/mol. The van der Waals surface area contributed by atoms with Crippen molar-refractivity contribution >= 4 is 180 Å². The molecular formula is C65H77N17O15S6. The maximum Gasteiger partial charge on any atom is 0.425 e. The Morgan fingerprint density at radius 1 is 0.563 bits per heavy atom. The Hall–Kier alpha value is -9.70. The first-order valence-corrected chi connectivity index (χ1v) is 38.9. The third-order valence-electron chi connectivity index (χ3n) is 15.9. The molecule has 0 bridgehead atoms. The van der Waals surface area contributed by atoms with Gasteiger partial charge >= 0.3 is 10.6 Å². The van der Waals surface area contributed by atoms with E-state index in [1.807, 2.05) is 56.6 Å². The number of carbonyl (C=O) groups is 4. The second kappa shape index (κ2) is 36.4. The summed E-state index contributed by atoms with van der Waals surface area (Å²) in [6.45, 7) is 17.5. The summed E-state index contributed by atoms with van der Waals surface area (Å²) in [4.78, 5) is 86.8. The molecule has 0 unspecified atom stereocenters. The van der Waals surface area contributed by atoms with Crippen LogP contribution >= 0.6 is 34.4 Å². The highest BCUT2D eigenvalue weighted by Gasteiger charge is 2.28. The number of para-hydroxylation sites is 2. The van der Waals surface area contributed by atoms with Crippen LogP contribution in [0.5, 0.6) is 11.5 Å². The zero-order valence-electron chi connectivity index (χ0n) is 57.7. The van der Waals surface area contributed by atoms with Gasteiger partial charge in [0.2, 0.25) is 22.2 Å². The monoisotopic (exact) mass is 1530 g/mol. The van der Waals surface area contributed by atoms with Crippen LogP contribution in [0, 0.1) is 0 Å². The number of piperidine rings is 2. The smallest absolute Gasteiger partial charge is 0.425 e. The number of ketones is 2. The first-order valence-electron chi connectivity index (χ1n) is 32.4. The van der Waals surface area contributed by atoms with Gasteiger partial charge in [-0.25, -0.2) is 0 Å². The van der Waals surface area contributed by atoms with Crippen LogP contribution in [-0.4, -0.2) is 159 Å². The number of aromatic nitrogens is 5. The van der Waals surface area contributed by atoms with Gasteiger partial charge in [-0.3, -0.25) is 28.3 Å². The van der Waals surface area contributed by atoms with Crippen molar-refractivity contribution in [2.24, 2.45) is 20.5 Å². The lowest BCUT2D eigenvalue weighted by atomic mass is 10.1. The van der Waals surface area contributed by atoms with Crippen LogP contribution in [-0.2, 0) is 50.0 Å². The maximum absolute atomic E-state index is 13.9. The van der Waals surface area contributed by atoms with E-state index >= 15 is 0 Å². The van der Waals surface area contributed by atoms with E-state index in [0.717, 1.165) is 84.7 Å². The van der Waals surface area contributed by atoms with Gasteiger partial charge in [0, 0.05) is 64.5 Å². The van der Waals surface area contributed by atoms with Gasteiger partial charge < -0.3 is 50.3 Å². The topological polar surface area (TPSA) is 422 Å². The minimum Gasteiger partial charge on any atom is -0.494 e. The number of benzene rings is 4. The van der Waals surface area contributed by atoms with Gasteiger partial charge in [0.25, 0.3) is 32.1 Å². The van der Waals surface area contributed by atoms with Gasteiger partial charge in [-0.1, -0.05) is 65.6 Å². The summed E-state index contributed by atoms with van der Waals surface area (Å²) < 4.78 is 106. The highest BCUT2D eigenvalue weighted by atomic mass is 32.2. The average Bonchev–Trinajstić information content (AvgIpc) is 1.79. The Morgan fingerprint density at radius 2 is 0.932 bits per heavy atom. The Bertz CT molecular complexity index is 4480. The fourth-order valence-electron chi connectivity index (χ4n) is 11.0. The highest BCUT2D eigenvalue weighted by Crippen LogP contribution is 2.45. The Balaban J connectivity index is 0.00000327. The number of ether oxygens (including phenoxy) is 2. The minimum atomic E-state index is -4.74. The van der Waals surface area contributed by atoms with Crippen LogP contribution in [0.2, 0.25) is 0 Å². The van der Waals surface area contributed by atoms with Crippen LogP contribution in [0.3, 0.4) is 0 Å². The minimum absolute atomic E-state index is 0.106. The molecule has 4 aromatic carbocycles. The summed E-state index contributed by atoms with van der Waals surface area (Å²) in [7, 11) is -9.49. The Labute approximate surface area is 609 Å². The lowest BCUT2D eigenvalue weighted by Crippen LogP contribution is -2.30. The van der Waals surface area contributed by atoms with Crippen molar-refractivity contribution in [2.75, 3.05) is 113 Å². The van der Waals surface area contributed by atoms with E-state index in [-0.39, 0.29) is 56.1 Å². The van der Waals surface area contributed by atoms with Gasteiger partial charge in [-0.05, 0) is 134 Å². The quantitative estimate of drug-likeness (QED) is 0.00608. The van der Waals surface area contributed by atoms with E-state index in [4.69, 9.17) is 57.2 Å². The van der Waals surface area contributed by atoms with E-state index in [2.05, 4.69) is 41.3 Å². The number of thiazole rings is 2. The molecule has 32 nitrogen and oxygen atoms in total. The number of methoxy groups -OCH3 is 2. The van der Waals surface area contributed by atoms with Gasteiger partial charge in [0.1, 0.15) is 44.3 Å². The zero-order chi connectivity index (χ0) is 74.7. The molecule has 2 aliphatic rings. The molecule has 9 rings (SSSR count). The van der Waals surface area contributed by atoms with Crippen LogP contribution in [0.1, 0.15) is 96.7 Å². The molecule has 0 aliphatic carbocycles. The zero-order valence-corrected chi connectivity index (χ0v) is 62.6.